The highest BCUT2D eigenvalue weighted by Gasteiger charge is 2.06. The number of nitrogens with zero attached hydrogens (tertiary/aromatic N) is 3. The van der Waals surface area contributed by atoms with Gasteiger partial charge in [0.2, 0.25) is 0 Å². The number of benzene rings is 3. The van der Waals surface area contributed by atoms with Gasteiger partial charge in [0.1, 0.15) is 0 Å². The SMILES string of the molecule is CN(C)c1cccc(-c2cccc(Cn3c(=O)cnc4ccccc43)c2)c1. The fourth-order valence-corrected chi connectivity index (χ4v) is 3.27. The summed E-state index contributed by atoms with van der Waals surface area (Å²) in [5, 5.41) is 0. The summed E-state index contributed by atoms with van der Waals surface area (Å²) in [6.07, 6.45) is 1.40. The third-order valence-electron chi connectivity index (χ3n) is 4.72. The van der Waals surface area contributed by atoms with Crippen LogP contribution in [0.25, 0.3) is 22.2 Å². The minimum atomic E-state index is -0.0892. The molecule has 4 aromatic rings. The van der Waals surface area contributed by atoms with Crippen LogP contribution >= 0.6 is 0 Å². The van der Waals surface area contributed by atoms with E-state index in [0.717, 1.165) is 33.4 Å². The Bertz CT molecular complexity index is 1160. The minimum Gasteiger partial charge on any atom is -0.378 e. The molecule has 0 saturated carbocycles. The van der Waals surface area contributed by atoms with Crippen molar-refractivity contribution in [3.05, 3.63) is 94.9 Å². The molecule has 0 saturated heterocycles. The second kappa shape index (κ2) is 7.08. The predicted molar refractivity (Wildman–Crippen MR) is 111 cm³/mol. The molecular formula is C23H21N3O. The Morgan fingerprint density at radius 2 is 1.63 bits per heavy atom. The zero-order chi connectivity index (χ0) is 18.8. The quantitative estimate of drug-likeness (QED) is 0.551. The highest BCUT2D eigenvalue weighted by atomic mass is 16.1. The number of anilines is 1. The summed E-state index contributed by atoms with van der Waals surface area (Å²) in [4.78, 5) is 18.7. The Kier molecular flexibility index (Phi) is 4.47. The summed E-state index contributed by atoms with van der Waals surface area (Å²) in [6.45, 7) is 0.517. The zero-order valence-corrected chi connectivity index (χ0v) is 15.5. The standard InChI is InChI=1S/C23H21N3O/c1-25(2)20-10-6-9-19(14-20)18-8-5-7-17(13-18)16-26-22-12-4-3-11-21(22)24-15-23(26)27/h3-15H,16H2,1-2H3. The Labute approximate surface area is 158 Å². The molecule has 4 heteroatoms. The van der Waals surface area contributed by atoms with Gasteiger partial charge in [0, 0.05) is 19.8 Å². The molecule has 0 atom stereocenters. The minimum absolute atomic E-state index is 0.0892. The number of aromatic nitrogens is 2. The maximum Gasteiger partial charge on any atom is 0.269 e. The van der Waals surface area contributed by atoms with Crippen LogP contribution in [0.4, 0.5) is 5.69 Å². The maximum atomic E-state index is 12.4. The van der Waals surface area contributed by atoms with Gasteiger partial charge in [-0.15, -0.1) is 0 Å². The van der Waals surface area contributed by atoms with E-state index in [1.807, 2.05) is 44.4 Å². The van der Waals surface area contributed by atoms with Crippen molar-refractivity contribution in [1.29, 1.82) is 0 Å². The Morgan fingerprint density at radius 3 is 2.44 bits per heavy atom. The van der Waals surface area contributed by atoms with Gasteiger partial charge in [-0.05, 0) is 47.0 Å². The number of rotatable bonds is 4. The van der Waals surface area contributed by atoms with Crippen molar-refractivity contribution in [3.8, 4) is 11.1 Å². The van der Waals surface area contributed by atoms with Crippen LogP contribution < -0.4 is 10.5 Å². The molecule has 0 aliphatic carbocycles. The Balaban J connectivity index is 1.73. The van der Waals surface area contributed by atoms with Crippen LogP contribution in [-0.4, -0.2) is 23.6 Å². The lowest BCUT2D eigenvalue weighted by atomic mass is 10.0. The molecule has 27 heavy (non-hydrogen) atoms. The molecule has 1 heterocycles. The molecule has 0 amide bonds. The Hall–Kier alpha value is -3.40. The largest absolute Gasteiger partial charge is 0.378 e. The summed E-state index contributed by atoms with van der Waals surface area (Å²) in [5.41, 5.74) is 6.14. The van der Waals surface area contributed by atoms with Gasteiger partial charge in [0.15, 0.2) is 0 Å². The fraction of sp³-hybridized carbons (Fsp3) is 0.130. The first kappa shape index (κ1) is 17.0. The number of fused-ring (bicyclic) bond motifs is 1. The van der Waals surface area contributed by atoms with Gasteiger partial charge in [-0.25, -0.2) is 4.98 Å². The summed E-state index contributed by atoms with van der Waals surface area (Å²) >= 11 is 0. The molecule has 4 rings (SSSR count). The van der Waals surface area contributed by atoms with E-state index in [-0.39, 0.29) is 5.56 Å². The average Bonchev–Trinajstić information content (AvgIpc) is 2.70. The lowest BCUT2D eigenvalue weighted by molar-refractivity contribution is 0.787. The lowest BCUT2D eigenvalue weighted by Gasteiger charge is -2.14. The maximum absolute atomic E-state index is 12.4. The van der Waals surface area contributed by atoms with E-state index in [1.165, 1.54) is 6.20 Å². The topological polar surface area (TPSA) is 38.1 Å². The van der Waals surface area contributed by atoms with Gasteiger partial charge in [-0.3, -0.25) is 4.79 Å². The summed E-state index contributed by atoms with van der Waals surface area (Å²) in [5.74, 6) is 0. The molecule has 0 aliphatic rings. The highest BCUT2D eigenvalue weighted by molar-refractivity contribution is 5.74. The molecule has 0 unspecified atom stereocenters. The van der Waals surface area contributed by atoms with Crippen LogP contribution in [0.5, 0.6) is 0 Å². The van der Waals surface area contributed by atoms with Gasteiger partial charge < -0.3 is 9.47 Å². The van der Waals surface area contributed by atoms with E-state index in [0.29, 0.717) is 6.54 Å². The summed E-state index contributed by atoms with van der Waals surface area (Å²) < 4.78 is 1.78. The van der Waals surface area contributed by atoms with Crippen molar-refractivity contribution >= 4 is 16.7 Å². The fourth-order valence-electron chi connectivity index (χ4n) is 3.27. The molecule has 134 valence electrons. The third kappa shape index (κ3) is 3.47. The van der Waals surface area contributed by atoms with Crippen LogP contribution in [0.15, 0.2) is 83.8 Å². The van der Waals surface area contributed by atoms with E-state index in [4.69, 9.17) is 0 Å². The van der Waals surface area contributed by atoms with E-state index < -0.39 is 0 Å². The van der Waals surface area contributed by atoms with Gasteiger partial charge >= 0.3 is 0 Å². The van der Waals surface area contributed by atoms with Crippen molar-refractivity contribution < 1.29 is 0 Å². The van der Waals surface area contributed by atoms with Crippen molar-refractivity contribution in [2.24, 2.45) is 0 Å². The molecular weight excluding hydrogens is 334 g/mol. The molecule has 0 N–H and O–H groups in total. The number of hydrogen-bond donors (Lipinski definition) is 0. The highest BCUT2D eigenvalue weighted by Crippen LogP contribution is 2.25. The van der Waals surface area contributed by atoms with E-state index >= 15 is 0 Å². The molecule has 0 fully saturated rings. The van der Waals surface area contributed by atoms with Crippen LogP contribution in [0.1, 0.15) is 5.56 Å². The first-order valence-electron chi connectivity index (χ1n) is 8.93. The van der Waals surface area contributed by atoms with E-state index in [1.54, 1.807) is 4.57 Å². The normalized spacial score (nSPS) is 10.9. The monoisotopic (exact) mass is 355 g/mol. The molecule has 1 aromatic heterocycles. The third-order valence-corrected chi connectivity index (χ3v) is 4.72. The van der Waals surface area contributed by atoms with Crippen molar-refractivity contribution in [2.75, 3.05) is 19.0 Å². The Morgan fingerprint density at radius 1 is 0.889 bits per heavy atom. The first-order chi connectivity index (χ1) is 13.1. The van der Waals surface area contributed by atoms with E-state index in [9.17, 15) is 4.79 Å². The second-order valence-corrected chi connectivity index (χ2v) is 6.82. The van der Waals surface area contributed by atoms with Crippen molar-refractivity contribution in [1.82, 2.24) is 9.55 Å². The van der Waals surface area contributed by atoms with Crippen LogP contribution in [-0.2, 0) is 6.54 Å². The smallest absolute Gasteiger partial charge is 0.269 e. The van der Waals surface area contributed by atoms with Gasteiger partial charge in [-0.1, -0.05) is 42.5 Å². The number of hydrogen-bond acceptors (Lipinski definition) is 3. The van der Waals surface area contributed by atoms with Crippen molar-refractivity contribution in [2.45, 2.75) is 6.54 Å². The lowest BCUT2D eigenvalue weighted by Crippen LogP contribution is -2.21. The zero-order valence-electron chi connectivity index (χ0n) is 15.5. The van der Waals surface area contributed by atoms with Gasteiger partial charge in [-0.2, -0.15) is 0 Å². The second-order valence-electron chi connectivity index (χ2n) is 6.82. The van der Waals surface area contributed by atoms with Crippen molar-refractivity contribution in [3.63, 3.8) is 0 Å². The first-order valence-corrected chi connectivity index (χ1v) is 8.93. The molecule has 3 aromatic carbocycles. The summed E-state index contributed by atoms with van der Waals surface area (Å²) in [7, 11) is 4.08. The number of para-hydroxylation sites is 2. The van der Waals surface area contributed by atoms with Crippen LogP contribution in [0.3, 0.4) is 0 Å². The van der Waals surface area contributed by atoms with Gasteiger partial charge in [0.05, 0.1) is 23.8 Å². The molecule has 0 bridgehead atoms. The average molecular weight is 355 g/mol. The molecule has 4 nitrogen and oxygen atoms in total. The van der Waals surface area contributed by atoms with Crippen LogP contribution in [0, 0.1) is 0 Å². The molecule has 0 radical (unpaired) electrons. The van der Waals surface area contributed by atoms with Crippen LogP contribution in [0.2, 0.25) is 0 Å². The summed E-state index contributed by atoms with van der Waals surface area (Å²) in [6, 6.07) is 24.5. The molecule has 0 spiro atoms. The van der Waals surface area contributed by atoms with E-state index in [2.05, 4.69) is 52.3 Å². The van der Waals surface area contributed by atoms with Gasteiger partial charge in [0.25, 0.3) is 5.56 Å². The predicted octanol–water partition coefficient (Wildman–Crippen LogP) is 4.18. The molecule has 0 aliphatic heterocycles.